The summed E-state index contributed by atoms with van der Waals surface area (Å²) in [6.07, 6.45) is -3.11. The van der Waals surface area contributed by atoms with E-state index in [2.05, 4.69) is 15.5 Å². The third-order valence-corrected chi connectivity index (χ3v) is 5.13. The van der Waals surface area contributed by atoms with Crippen LogP contribution in [0, 0.1) is 6.92 Å². The molecule has 0 aliphatic carbocycles. The van der Waals surface area contributed by atoms with Crippen LogP contribution in [0.25, 0.3) is 0 Å². The van der Waals surface area contributed by atoms with E-state index in [1.54, 1.807) is 18.2 Å². The Morgan fingerprint density at radius 1 is 1.17 bits per heavy atom. The van der Waals surface area contributed by atoms with Crippen LogP contribution >= 0.6 is 34.8 Å². The Bertz CT molecular complexity index is 1090. The molecule has 3 aromatic rings. The van der Waals surface area contributed by atoms with Crippen molar-refractivity contribution >= 4 is 46.5 Å². The maximum atomic E-state index is 12.9. The number of alkyl halides is 3. The first-order valence-electron chi connectivity index (χ1n) is 8.57. The van der Waals surface area contributed by atoms with Crippen molar-refractivity contribution in [2.45, 2.75) is 32.6 Å². The Kier molecular flexibility index (Phi) is 6.35. The summed E-state index contributed by atoms with van der Waals surface area (Å²) in [6.45, 7) is 3.13. The highest BCUT2D eigenvalue weighted by atomic mass is 35.5. The third kappa shape index (κ3) is 4.91. The number of nitrogens with zero attached hydrogens (tertiary/aromatic N) is 4. The monoisotopic (exact) mass is 479 g/mol. The fourth-order valence-corrected chi connectivity index (χ4v) is 3.40. The average Bonchev–Trinajstić information content (AvgIpc) is 3.19. The quantitative estimate of drug-likeness (QED) is 0.516. The van der Waals surface area contributed by atoms with Crippen LogP contribution in [0.4, 0.5) is 19.0 Å². The number of aryl methyl sites for hydroxylation is 1. The molecule has 3 rings (SSSR count). The number of carbonyl (C=O) groups is 1. The van der Waals surface area contributed by atoms with E-state index in [0.29, 0.717) is 10.0 Å². The summed E-state index contributed by atoms with van der Waals surface area (Å²) in [5.41, 5.74) is -0.140. The molecule has 1 N–H and O–H groups in total. The fraction of sp³-hybridized carbons (Fsp3) is 0.278. The van der Waals surface area contributed by atoms with Crippen LogP contribution in [0.5, 0.6) is 0 Å². The maximum Gasteiger partial charge on any atom is 0.435 e. The highest BCUT2D eigenvalue weighted by molar-refractivity contribution is 6.35. The summed E-state index contributed by atoms with van der Waals surface area (Å²) in [7, 11) is 0. The number of halogens is 6. The number of rotatable bonds is 5. The molecule has 1 amide bonds. The van der Waals surface area contributed by atoms with E-state index in [1.807, 2.05) is 0 Å². The van der Waals surface area contributed by atoms with Gasteiger partial charge in [-0.25, -0.2) is 0 Å². The topological polar surface area (TPSA) is 64.7 Å². The number of benzene rings is 1. The molecule has 0 aliphatic rings. The largest absolute Gasteiger partial charge is 0.435 e. The fourth-order valence-electron chi connectivity index (χ4n) is 2.74. The van der Waals surface area contributed by atoms with Gasteiger partial charge < -0.3 is 5.32 Å². The van der Waals surface area contributed by atoms with Crippen molar-refractivity contribution in [3.63, 3.8) is 0 Å². The van der Waals surface area contributed by atoms with Crippen molar-refractivity contribution in [2.24, 2.45) is 0 Å². The Labute approximate surface area is 184 Å². The third-order valence-electron chi connectivity index (χ3n) is 4.27. The predicted octanol–water partition coefficient (Wildman–Crippen LogP) is 5.62. The molecule has 1 unspecified atom stereocenters. The molecule has 0 radical (unpaired) electrons. The highest BCUT2D eigenvalue weighted by Crippen LogP contribution is 2.30. The van der Waals surface area contributed by atoms with Gasteiger partial charge in [-0.2, -0.15) is 23.4 Å². The molecule has 1 aromatic carbocycles. The van der Waals surface area contributed by atoms with Crippen LogP contribution in [0.15, 0.2) is 30.5 Å². The Hall–Kier alpha value is -2.23. The zero-order chi connectivity index (χ0) is 22.2. The first-order chi connectivity index (χ1) is 14.0. The van der Waals surface area contributed by atoms with Gasteiger partial charge in [-0.1, -0.05) is 40.9 Å². The molecule has 0 fully saturated rings. The summed E-state index contributed by atoms with van der Waals surface area (Å²) >= 11 is 18.2. The van der Waals surface area contributed by atoms with Crippen LogP contribution in [0.3, 0.4) is 0 Å². The molecule has 0 saturated heterocycles. The lowest BCUT2D eigenvalue weighted by Crippen LogP contribution is -2.26. The van der Waals surface area contributed by atoms with Crippen molar-refractivity contribution < 1.29 is 18.0 Å². The number of nitrogens with one attached hydrogen (secondary N) is 1. The zero-order valence-corrected chi connectivity index (χ0v) is 17.9. The first kappa shape index (κ1) is 22.5. The van der Waals surface area contributed by atoms with Gasteiger partial charge in [-0.3, -0.25) is 14.2 Å². The molecule has 160 valence electrons. The van der Waals surface area contributed by atoms with Gasteiger partial charge in [0.2, 0.25) is 5.91 Å². The minimum Gasteiger partial charge on any atom is -0.306 e. The Morgan fingerprint density at radius 3 is 2.47 bits per heavy atom. The molecule has 1 atom stereocenters. The number of carbonyl (C=O) groups excluding carboxylic acids is 1. The molecule has 0 aliphatic heterocycles. The lowest BCUT2D eigenvalue weighted by molar-refractivity contribution is -0.141. The van der Waals surface area contributed by atoms with Crippen molar-refractivity contribution in [1.29, 1.82) is 0 Å². The van der Waals surface area contributed by atoms with Gasteiger partial charge >= 0.3 is 6.18 Å². The second kappa shape index (κ2) is 8.49. The lowest BCUT2D eigenvalue weighted by atomic mass is 10.2. The van der Waals surface area contributed by atoms with Crippen molar-refractivity contribution in [3.8, 4) is 0 Å². The van der Waals surface area contributed by atoms with Crippen LogP contribution < -0.4 is 5.32 Å². The molecule has 6 nitrogen and oxygen atoms in total. The number of hydrogen-bond acceptors (Lipinski definition) is 3. The zero-order valence-electron chi connectivity index (χ0n) is 15.6. The SMILES string of the molecule is Cc1cc(C(F)(F)F)nn1C(C)C(=O)Nc1nn(Cc2ccc(Cl)cc2Cl)cc1Cl. The number of aromatic nitrogens is 4. The van der Waals surface area contributed by atoms with Crippen LogP contribution in [-0.4, -0.2) is 25.5 Å². The van der Waals surface area contributed by atoms with E-state index in [4.69, 9.17) is 34.8 Å². The molecular formula is C18H15Cl3F3N5O. The Morgan fingerprint density at radius 2 is 1.87 bits per heavy atom. The van der Waals surface area contributed by atoms with E-state index in [-0.39, 0.29) is 23.1 Å². The normalized spacial score (nSPS) is 12.8. The average molecular weight is 481 g/mol. The van der Waals surface area contributed by atoms with Gasteiger partial charge in [0.1, 0.15) is 11.1 Å². The second-order valence-electron chi connectivity index (χ2n) is 6.54. The van der Waals surface area contributed by atoms with Gasteiger partial charge in [-0.15, -0.1) is 0 Å². The van der Waals surface area contributed by atoms with Gasteiger partial charge in [0, 0.05) is 21.9 Å². The van der Waals surface area contributed by atoms with E-state index in [0.717, 1.165) is 16.3 Å². The molecule has 2 heterocycles. The standard InChI is InChI=1S/C18H15Cl3F3N5O/c1-9-5-15(18(22,23)24)26-29(9)10(2)17(30)25-16-14(21)8-28(27-16)7-11-3-4-12(19)6-13(11)20/h3-6,8,10H,7H2,1-2H3,(H,25,27,30). The minimum atomic E-state index is -4.60. The lowest BCUT2D eigenvalue weighted by Gasteiger charge is -2.13. The molecule has 0 saturated carbocycles. The van der Waals surface area contributed by atoms with Gasteiger partial charge in [0.05, 0.1) is 6.54 Å². The number of hydrogen-bond donors (Lipinski definition) is 1. The molecule has 30 heavy (non-hydrogen) atoms. The van der Waals surface area contributed by atoms with E-state index < -0.39 is 23.8 Å². The highest BCUT2D eigenvalue weighted by Gasteiger charge is 2.35. The molecule has 12 heteroatoms. The molecule has 0 spiro atoms. The first-order valence-corrected chi connectivity index (χ1v) is 9.70. The number of anilines is 1. The van der Waals surface area contributed by atoms with Crippen LogP contribution in [0.1, 0.15) is 29.9 Å². The summed E-state index contributed by atoms with van der Waals surface area (Å²) < 4.78 is 41.0. The maximum absolute atomic E-state index is 12.9. The summed E-state index contributed by atoms with van der Waals surface area (Å²) in [5, 5.41) is 11.3. The minimum absolute atomic E-state index is 0.0689. The molecule has 0 bridgehead atoms. The van der Waals surface area contributed by atoms with Gasteiger partial charge in [-0.05, 0) is 37.6 Å². The number of amides is 1. The summed E-state index contributed by atoms with van der Waals surface area (Å²) in [4.78, 5) is 12.5. The van der Waals surface area contributed by atoms with E-state index >= 15 is 0 Å². The van der Waals surface area contributed by atoms with E-state index in [9.17, 15) is 18.0 Å². The molecule has 2 aromatic heterocycles. The smallest absolute Gasteiger partial charge is 0.306 e. The molecular weight excluding hydrogens is 466 g/mol. The van der Waals surface area contributed by atoms with Crippen molar-refractivity contribution in [3.05, 3.63) is 62.5 Å². The summed E-state index contributed by atoms with van der Waals surface area (Å²) in [5.74, 6) is -0.550. The van der Waals surface area contributed by atoms with Crippen molar-refractivity contribution in [2.75, 3.05) is 5.32 Å². The van der Waals surface area contributed by atoms with Crippen molar-refractivity contribution in [1.82, 2.24) is 19.6 Å². The predicted molar refractivity (Wildman–Crippen MR) is 108 cm³/mol. The van der Waals surface area contributed by atoms with Crippen LogP contribution in [-0.2, 0) is 17.5 Å². The summed E-state index contributed by atoms with van der Waals surface area (Å²) in [6, 6.07) is 4.86. The second-order valence-corrected chi connectivity index (χ2v) is 7.79. The Balaban J connectivity index is 1.75. The van der Waals surface area contributed by atoms with Gasteiger partial charge in [0.25, 0.3) is 0 Å². The van der Waals surface area contributed by atoms with Crippen LogP contribution in [0.2, 0.25) is 15.1 Å². The van der Waals surface area contributed by atoms with E-state index in [1.165, 1.54) is 24.7 Å². The van der Waals surface area contributed by atoms with Gasteiger partial charge in [0.15, 0.2) is 11.5 Å².